The number of aromatic nitrogens is 2. The van der Waals surface area contributed by atoms with Crippen LogP contribution in [-0.4, -0.2) is 9.97 Å². The third kappa shape index (κ3) is 2.74. The molecule has 2 nitrogen and oxygen atoms in total. The largest absolute Gasteiger partial charge is 0.416 e. The average Bonchev–Trinajstić information content (AvgIpc) is 2.28. The highest BCUT2D eigenvalue weighted by atomic mass is 35.5. The van der Waals surface area contributed by atoms with E-state index in [1.54, 1.807) is 0 Å². The fourth-order valence-corrected chi connectivity index (χ4v) is 1.42. The van der Waals surface area contributed by atoms with Crippen LogP contribution < -0.4 is 0 Å². The van der Waals surface area contributed by atoms with E-state index in [1.807, 2.05) is 0 Å². The SMILES string of the molecule is FC(F)(F)c1ccc(-c2nccc(Cl)n2)cc1. The Kier molecular flexibility index (Phi) is 3.02. The molecule has 88 valence electrons. The fraction of sp³-hybridized carbons (Fsp3) is 0.0909. The van der Waals surface area contributed by atoms with E-state index in [0.29, 0.717) is 11.4 Å². The van der Waals surface area contributed by atoms with Crippen LogP contribution >= 0.6 is 11.6 Å². The van der Waals surface area contributed by atoms with Gasteiger partial charge in [-0.3, -0.25) is 0 Å². The number of hydrogen-bond donors (Lipinski definition) is 0. The molecule has 0 N–H and O–H groups in total. The molecular weight excluding hydrogens is 253 g/mol. The Morgan fingerprint density at radius 1 is 1.00 bits per heavy atom. The Morgan fingerprint density at radius 3 is 2.18 bits per heavy atom. The van der Waals surface area contributed by atoms with Crippen LogP contribution in [0.5, 0.6) is 0 Å². The smallest absolute Gasteiger partial charge is 0.236 e. The molecule has 0 saturated carbocycles. The number of nitrogens with zero attached hydrogens (tertiary/aromatic N) is 2. The van der Waals surface area contributed by atoms with Gasteiger partial charge in [0.2, 0.25) is 0 Å². The molecule has 0 aliphatic heterocycles. The van der Waals surface area contributed by atoms with Gasteiger partial charge in [0.15, 0.2) is 5.82 Å². The van der Waals surface area contributed by atoms with Crippen molar-refractivity contribution in [2.45, 2.75) is 6.18 Å². The minimum Gasteiger partial charge on any atom is -0.236 e. The molecule has 0 aliphatic carbocycles. The molecule has 1 heterocycles. The molecule has 1 aromatic heterocycles. The predicted octanol–water partition coefficient (Wildman–Crippen LogP) is 3.82. The summed E-state index contributed by atoms with van der Waals surface area (Å²) >= 11 is 5.67. The molecule has 1 aromatic carbocycles. The van der Waals surface area contributed by atoms with Crippen molar-refractivity contribution < 1.29 is 13.2 Å². The highest BCUT2D eigenvalue weighted by Crippen LogP contribution is 2.30. The normalized spacial score (nSPS) is 11.5. The molecule has 0 fully saturated rings. The van der Waals surface area contributed by atoms with Gasteiger partial charge >= 0.3 is 6.18 Å². The van der Waals surface area contributed by atoms with Crippen molar-refractivity contribution in [3.63, 3.8) is 0 Å². The van der Waals surface area contributed by atoms with Gasteiger partial charge in [-0.1, -0.05) is 23.7 Å². The fourth-order valence-electron chi connectivity index (χ4n) is 1.28. The predicted molar refractivity (Wildman–Crippen MR) is 57.5 cm³/mol. The van der Waals surface area contributed by atoms with Gasteiger partial charge in [-0.2, -0.15) is 13.2 Å². The Hall–Kier alpha value is -1.62. The maximum absolute atomic E-state index is 12.3. The quantitative estimate of drug-likeness (QED) is 0.727. The summed E-state index contributed by atoms with van der Waals surface area (Å²) in [5, 5.41) is 0.245. The summed E-state index contributed by atoms with van der Waals surface area (Å²) in [4.78, 5) is 7.83. The third-order valence-electron chi connectivity index (χ3n) is 2.09. The zero-order valence-corrected chi connectivity index (χ0v) is 9.13. The van der Waals surface area contributed by atoms with Crippen molar-refractivity contribution in [2.24, 2.45) is 0 Å². The molecule has 17 heavy (non-hydrogen) atoms. The van der Waals surface area contributed by atoms with Crippen molar-refractivity contribution in [3.8, 4) is 11.4 Å². The van der Waals surface area contributed by atoms with E-state index < -0.39 is 11.7 Å². The standard InChI is InChI=1S/C11H6ClF3N2/c12-9-5-6-16-10(17-9)7-1-3-8(4-2-7)11(13,14)15/h1-6H. The van der Waals surface area contributed by atoms with Crippen LogP contribution in [0.15, 0.2) is 36.5 Å². The Bertz CT molecular complexity index is 523. The molecule has 0 spiro atoms. The zero-order valence-electron chi connectivity index (χ0n) is 8.37. The molecule has 0 atom stereocenters. The maximum atomic E-state index is 12.3. The van der Waals surface area contributed by atoms with E-state index in [1.165, 1.54) is 24.4 Å². The van der Waals surface area contributed by atoms with Crippen LogP contribution in [0.25, 0.3) is 11.4 Å². The maximum Gasteiger partial charge on any atom is 0.416 e. The van der Waals surface area contributed by atoms with Gasteiger partial charge in [-0.05, 0) is 18.2 Å². The lowest BCUT2D eigenvalue weighted by atomic mass is 10.1. The molecule has 0 aliphatic rings. The van der Waals surface area contributed by atoms with Gasteiger partial charge in [0, 0.05) is 11.8 Å². The van der Waals surface area contributed by atoms with Gasteiger partial charge in [0.1, 0.15) is 5.15 Å². The summed E-state index contributed by atoms with van der Waals surface area (Å²) in [5.74, 6) is 0.297. The van der Waals surface area contributed by atoms with Crippen molar-refractivity contribution >= 4 is 11.6 Å². The monoisotopic (exact) mass is 258 g/mol. The number of benzene rings is 1. The molecule has 0 saturated heterocycles. The minimum absolute atomic E-state index is 0.245. The lowest BCUT2D eigenvalue weighted by Crippen LogP contribution is -2.04. The molecule has 0 radical (unpaired) electrons. The van der Waals surface area contributed by atoms with Crippen LogP contribution in [-0.2, 0) is 6.18 Å². The van der Waals surface area contributed by atoms with Crippen LogP contribution in [0.1, 0.15) is 5.56 Å². The van der Waals surface area contributed by atoms with Gasteiger partial charge < -0.3 is 0 Å². The van der Waals surface area contributed by atoms with Gasteiger partial charge in [0.25, 0.3) is 0 Å². The summed E-state index contributed by atoms with van der Waals surface area (Å²) in [6.07, 6.45) is -2.89. The Morgan fingerprint density at radius 2 is 1.65 bits per heavy atom. The second-order valence-corrected chi connectivity index (χ2v) is 3.67. The molecule has 0 unspecified atom stereocenters. The average molecular weight is 259 g/mol. The van der Waals surface area contributed by atoms with Crippen molar-refractivity contribution in [2.75, 3.05) is 0 Å². The second kappa shape index (κ2) is 4.33. The summed E-state index contributed by atoms with van der Waals surface area (Å²) in [6, 6.07) is 6.09. The first-order chi connectivity index (χ1) is 7.97. The van der Waals surface area contributed by atoms with Gasteiger partial charge in [-0.15, -0.1) is 0 Å². The number of hydrogen-bond acceptors (Lipinski definition) is 2. The second-order valence-electron chi connectivity index (χ2n) is 3.28. The van der Waals surface area contributed by atoms with E-state index in [9.17, 15) is 13.2 Å². The van der Waals surface area contributed by atoms with Crippen molar-refractivity contribution in [1.29, 1.82) is 0 Å². The van der Waals surface area contributed by atoms with E-state index in [0.717, 1.165) is 12.1 Å². The first kappa shape index (κ1) is 11.9. The molecule has 0 bridgehead atoms. The molecule has 6 heteroatoms. The Balaban J connectivity index is 2.36. The molecule has 2 rings (SSSR count). The van der Waals surface area contributed by atoms with Crippen LogP contribution in [0, 0.1) is 0 Å². The van der Waals surface area contributed by atoms with Crippen LogP contribution in [0.3, 0.4) is 0 Å². The number of halogens is 4. The number of rotatable bonds is 1. The van der Waals surface area contributed by atoms with E-state index in [2.05, 4.69) is 9.97 Å². The summed E-state index contributed by atoms with van der Waals surface area (Å²) < 4.78 is 37.0. The molecule has 0 amide bonds. The number of alkyl halides is 3. The first-order valence-electron chi connectivity index (χ1n) is 4.63. The summed E-state index contributed by atoms with van der Waals surface area (Å²) in [5.41, 5.74) is -0.219. The molecular formula is C11H6ClF3N2. The zero-order chi connectivity index (χ0) is 12.5. The lowest BCUT2D eigenvalue weighted by molar-refractivity contribution is -0.137. The van der Waals surface area contributed by atoms with E-state index >= 15 is 0 Å². The van der Waals surface area contributed by atoms with E-state index in [-0.39, 0.29) is 5.15 Å². The third-order valence-corrected chi connectivity index (χ3v) is 2.30. The lowest BCUT2D eigenvalue weighted by Gasteiger charge is -2.06. The Labute approximate surface area is 100 Å². The summed E-state index contributed by atoms with van der Waals surface area (Å²) in [6.45, 7) is 0. The van der Waals surface area contributed by atoms with Crippen LogP contribution in [0.4, 0.5) is 13.2 Å². The van der Waals surface area contributed by atoms with Crippen molar-refractivity contribution in [1.82, 2.24) is 9.97 Å². The van der Waals surface area contributed by atoms with Crippen LogP contribution in [0.2, 0.25) is 5.15 Å². The highest BCUT2D eigenvalue weighted by molar-refractivity contribution is 6.29. The topological polar surface area (TPSA) is 25.8 Å². The highest BCUT2D eigenvalue weighted by Gasteiger charge is 2.30. The van der Waals surface area contributed by atoms with Gasteiger partial charge in [-0.25, -0.2) is 9.97 Å². The first-order valence-corrected chi connectivity index (χ1v) is 5.01. The van der Waals surface area contributed by atoms with Gasteiger partial charge in [0.05, 0.1) is 5.56 Å². The van der Waals surface area contributed by atoms with E-state index in [4.69, 9.17) is 11.6 Å². The molecule has 2 aromatic rings. The summed E-state index contributed by atoms with van der Waals surface area (Å²) in [7, 11) is 0. The minimum atomic E-state index is -4.34. The van der Waals surface area contributed by atoms with Crippen molar-refractivity contribution in [3.05, 3.63) is 47.2 Å².